The van der Waals surface area contributed by atoms with E-state index in [1.54, 1.807) is 9.21 Å². The van der Waals surface area contributed by atoms with Crippen LogP contribution in [-0.2, 0) is 0 Å². The van der Waals surface area contributed by atoms with Crippen LogP contribution < -0.4 is 27.8 Å². The van der Waals surface area contributed by atoms with E-state index in [1.807, 2.05) is 187 Å². The predicted octanol–water partition coefficient (Wildman–Crippen LogP) is 13.2. The van der Waals surface area contributed by atoms with E-state index in [0.717, 1.165) is 33.4 Å². The summed E-state index contributed by atoms with van der Waals surface area (Å²) in [7, 11) is -8.11. The largest absolute Gasteiger partial charge is 0.447 e. The van der Waals surface area contributed by atoms with Crippen LogP contribution in [0.25, 0.3) is 0 Å². The van der Waals surface area contributed by atoms with Gasteiger partial charge in [0.15, 0.2) is 11.5 Å². The van der Waals surface area contributed by atoms with Gasteiger partial charge in [-0.3, -0.25) is 0 Å². The maximum atomic E-state index is 7.19. The third kappa shape index (κ3) is 8.27. The zero-order chi connectivity index (χ0) is 37.7. The summed E-state index contributed by atoms with van der Waals surface area (Å²) < 4.78 is 37.3. The molecule has 2 atom stereocenters. The van der Waals surface area contributed by atoms with Crippen molar-refractivity contribution in [2.24, 2.45) is 4.52 Å². The first-order valence-corrected chi connectivity index (χ1v) is 21.3. The minimum Gasteiger partial charge on any atom is -0.440 e. The SMILES string of the molecule is Cc1ccccc1ON1P(Oc2ccccc2C)N=P(Oc2ccccc2C)(Oc2ccccc2C)N(Oc2ccccc2C)P1Oc1ccccc1C. The fourth-order valence-corrected chi connectivity index (χ4v) is 13.1. The van der Waals surface area contributed by atoms with E-state index in [4.69, 9.17) is 32.3 Å². The third-order valence-corrected chi connectivity index (χ3v) is 15.4. The monoisotopic (exact) mass is 777 g/mol. The molecule has 6 aromatic rings. The molecule has 276 valence electrons. The average molecular weight is 778 g/mol. The van der Waals surface area contributed by atoms with Gasteiger partial charge >= 0.3 is 24.6 Å². The normalized spacial score (nSPS) is 16.9. The summed E-state index contributed by atoms with van der Waals surface area (Å²) in [4.78, 5) is 14.0. The second-order valence-corrected chi connectivity index (χ2v) is 18.3. The molecule has 0 aliphatic carbocycles. The van der Waals surface area contributed by atoms with Crippen LogP contribution in [0.4, 0.5) is 0 Å². The molecule has 6 aromatic carbocycles. The van der Waals surface area contributed by atoms with Crippen LogP contribution in [0.3, 0.4) is 0 Å². The van der Waals surface area contributed by atoms with Crippen molar-refractivity contribution in [1.29, 1.82) is 0 Å². The Hall–Kier alpha value is -4.87. The molecule has 0 aromatic heterocycles. The van der Waals surface area contributed by atoms with Crippen molar-refractivity contribution in [2.45, 2.75) is 41.5 Å². The predicted molar refractivity (Wildman–Crippen MR) is 218 cm³/mol. The van der Waals surface area contributed by atoms with Gasteiger partial charge in [0.1, 0.15) is 23.0 Å². The molecule has 0 fully saturated rings. The lowest BCUT2D eigenvalue weighted by Crippen LogP contribution is -2.37. The van der Waals surface area contributed by atoms with E-state index in [2.05, 4.69) is 0 Å². The minimum absolute atomic E-state index is 0.571. The number of hydrogen-bond acceptors (Lipinski definition) is 9. The van der Waals surface area contributed by atoms with Gasteiger partial charge in [-0.2, -0.15) is 0 Å². The second-order valence-electron chi connectivity index (χ2n) is 12.7. The first-order valence-electron chi connectivity index (χ1n) is 17.5. The van der Waals surface area contributed by atoms with E-state index >= 15 is 0 Å². The van der Waals surface area contributed by atoms with Crippen LogP contribution >= 0.6 is 24.6 Å². The van der Waals surface area contributed by atoms with Crippen LogP contribution in [0.2, 0.25) is 0 Å². The smallest absolute Gasteiger partial charge is 0.440 e. The van der Waals surface area contributed by atoms with Gasteiger partial charge in [-0.1, -0.05) is 109 Å². The molecule has 1 aliphatic rings. The van der Waals surface area contributed by atoms with Crippen molar-refractivity contribution in [3.63, 3.8) is 0 Å². The molecule has 0 spiro atoms. The highest BCUT2D eigenvalue weighted by Crippen LogP contribution is 2.78. The Bertz CT molecular complexity index is 2250. The van der Waals surface area contributed by atoms with Crippen LogP contribution in [0.15, 0.2) is 150 Å². The van der Waals surface area contributed by atoms with E-state index in [0.29, 0.717) is 34.5 Å². The molecule has 1 aliphatic heterocycles. The first-order chi connectivity index (χ1) is 26.2. The Morgan fingerprint density at radius 1 is 0.407 bits per heavy atom. The number of hydrogen-bond donors (Lipinski definition) is 0. The highest BCUT2D eigenvalue weighted by molar-refractivity contribution is 7.78. The molecular formula is C42H42N3O6P3. The summed E-state index contributed by atoms with van der Waals surface area (Å²) in [5.74, 6) is 3.59. The second kappa shape index (κ2) is 16.7. The maximum absolute atomic E-state index is 7.19. The Morgan fingerprint density at radius 3 is 1.15 bits per heavy atom. The van der Waals surface area contributed by atoms with Gasteiger partial charge in [-0.05, 0) is 111 Å². The van der Waals surface area contributed by atoms with E-state index in [1.165, 1.54) is 0 Å². The molecule has 0 radical (unpaired) electrons. The lowest BCUT2D eigenvalue weighted by Gasteiger charge is -2.44. The molecule has 1 heterocycles. The third-order valence-electron chi connectivity index (χ3n) is 8.56. The van der Waals surface area contributed by atoms with Crippen molar-refractivity contribution >= 4 is 24.6 Å². The number of benzene rings is 6. The van der Waals surface area contributed by atoms with Gasteiger partial charge in [-0.15, -0.1) is 4.52 Å². The van der Waals surface area contributed by atoms with Crippen LogP contribution in [0.5, 0.6) is 34.5 Å². The number of rotatable bonds is 12. The fraction of sp³-hybridized carbons (Fsp3) is 0.143. The van der Waals surface area contributed by atoms with Gasteiger partial charge in [0.05, 0.1) is 0 Å². The van der Waals surface area contributed by atoms with E-state index in [9.17, 15) is 0 Å². The molecule has 2 unspecified atom stereocenters. The Kier molecular flexibility index (Phi) is 11.5. The van der Waals surface area contributed by atoms with Gasteiger partial charge in [-0.25, -0.2) is 0 Å². The molecule has 7 rings (SSSR count). The average Bonchev–Trinajstić information content (AvgIpc) is 3.16. The van der Waals surface area contributed by atoms with E-state index < -0.39 is 24.6 Å². The molecule has 54 heavy (non-hydrogen) atoms. The summed E-state index contributed by atoms with van der Waals surface area (Å²) in [5, 5.41) is 0. The molecular weight excluding hydrogens is 735 g/mol. The standard InChI is InChI=1S/C42H42N3O6P3/c1-31-19-7-13-25-37(31)46-44-52(48-39-27-15-9-21-33(39)3)43-54(50-41-29-17-11-23-35(41)5,51-42-30-18-12-24-36(42)6)45(47-38-26-14-8-20-32(38)2)53(44)49-40-28-16-10-22-34(40)4/h7-30H,1-6H3. The number of nitrogens with zero attached hydrogens (tertiary/aromatic N) is 3. The highest BCUT2D eigenvalue weighted by atomic mass is 31.3. The molecule has 0 amide bonds. The van der Waals surface area contributed by atoms with Gasteiger partial charge in [0.25, 0.3) is 0 Å². The zero-order valence-corrected chi connectivity index (χ0v) is 33.7. The molecule has 0 bridgehead atoms. The Morgan fingerprint density at radius 2 is 0.741 bits per heavy atom. The Balaban J connectivity index is 1.54. The quantitative estimate of drug-likeness (QED) is 0.114. The summed E-state index contributed by atoms with van der Waals surface area (Å²) >= 11 is 0. The number of para-hydroxylation sites is 6. The summed E-state index contributed by atoms with van der Waals surface area (Å²) in [6.45, 7) is 12.0. The van der Waals surface area contributed by atoms with Crippen molar-refractivity contribution in [3.05, 3.63) is 179 Å². The topological polar surface area (TPSA) is 74.2 Å². The van der Waals surface area contributed by atoms with Gasteiger partial charge in [0.2, 0.25) is 0 Å². The summed E-state index contributed by atoms with van der Waals surface area (Å²) in [6.07, 6.45) is 0. The van der Waals surface area contributed by atoms with Gasteiger partial charge < -0.3 is 27.8 Å². The summed E-state index contributed by atoms with van der Waals surface area (Å²) in [5.41, 5.74) is 5.44. The van der Waals surface area contributed by atoms with Crippen LogP contribution in [0, 0.1) is 41.5 Å². The molecule has 0 N–H and O–H groups in total. The minimum atomic E-state index is -3.83. The van der Waals surface area contributed by atoms with Crippen molar-refractivity contribution in [1.82, 2.24) is 9.21 Å². The van der Waals surface area contributed by atoms with Crippen molar-refractivity contribution in [2.75, 3.05) is 0 Å². The number of aryl methyl sites for hydroxylation is 6. The lowest BCUT2D eigenvalue weighted by atomic mass is 10.2. The maximum Gasteiger partial charge on any atom is 0.447 e. The van der Waals surface area contributed by atoms with Gasteiger partial charge in [0, 0.05) is 9.21 Å². The van der Waals surface area contributed by atoms with Crippen molar-refractivity contribution in [3.8, 4) is 34.5 Å². The van der Waals surface area contributed by atoms with Crippen LogP contribution in [0.1, 0.15) is 33.4 Å². The molecule has 0 saturated carbocycles. The molecule has 9 nitrogen and oxygen atoms in total. The van der Waals surface area contributed by atoms with Crippen molar-refractivity contribution < 1.29 is 27.8 Å². The molecule has 12 heteroatoms. The lowest BCUT2D eigenvalue weighted by molar-refractivity contribution is 0.0536. The molecule has 0 saturated heterocycles. The van der Waals surface area contributed by atoms with E-state index in [-0.39, 0.29) is 0 Å². The van der Waals surface area contributed by atoms with Crippen LogP contribution in [-0.4, -0.2) is 9.21 Å². The highest BCUT2D eigenvalue weighted by Gasteiger charge is 2.58. The fourth-order valence-electron chi connectivity index (χ4n) is 5.36. The Labute approximate surface area is 320 Å². The zero-order valence-electron chi connectivity index (χ0n) is 31.0. The summed E-state index contributed by atoms with van der Waals surface area (Å²) in [6, 6.07) is 46.8. The first kappa shape index (κ1) is 37.4.